The van der Waals surface area contributed by atoms with Crippen LogP contribution in [0, 0.1) is 21.7 Å². The molecule has 0 heterocycles. The lowest BCUT2D eigenvalue weighted by molar-refractivity contribution is -0.385. The van der Waals surface area contributed by atoms with E-state index in [-0.39, 0.29) is 17.3 Å². The van der Waals surface area contributed by atoms with Gasteiger partial charge in [0.05, 0.1) is 16.0 Å². The summed E-state index contributed by atoms with van der Waals surface area (Å²) in [5.74, 6) is -1.16. The van der Waals surface area contributed by atoms with Crippen LogP contribution in [0.4, 0.5) is 14.5 Å². The van der Waals surface area contributed by atoms with Crippen LogP contribution < -0.4 is 5.32 Å². The molecule has 7 heteroatoms. The maximum Gasteiger partial charge on any atom is 0.272 e. The molecular weight excluding hydrogens is 302 g/mol. The van der Waals surface area contributed by atoms with Gasteiger partial charge < -0.3 is 5.32 Å². The highest BCUT2D eigenvalue weighted by molar-refractivity contribution is 6.30. The topological polar surface area (TPSA) is 55.2 Å². The van der Waals surface area contributed by atoms with Gasteiger partial charge in [0.1, 0.15) is 11.6 Å². The minimum Gasteiger partial charge on any atom is -0.309 e. The second kappa shape index (κ2) is 6.60. The minimum atomic E-state index is -0.661. The minimum absolute atomic E-state index is 0.0238. The smallest absolute Gasteiger partial charge is 0.272 e. The number of nitrogens with one attached hydrogen (secondary N) is 1. The highest BCUT2D eigenvalue weighted by atomic mass is 35.5. The molecule has 0 aliphatic rings. The van der Waals surface area contributed by atoms with Crippen LogP contribution in [0.2, 0.25) is 5.02 Å². The van der Waals surface area contributed by atoms with Gasteiger partial charge in [-0.05, 0) is 29.3 Å². The first-order valence-electron chi connectivity index (χ1n) is 6.04. The summed E-state index contributed by atoms with van der Waals surface area (Å²) in [5.41, 5.74) is 0.916. The SMILES string of the molecule is O=[N+]([O-])c1cc(F)cc(CNCc2ccc(F)c(Cl)c2)c1. The molecule has 0 aliphatic heterocycles. The molecular formula is C14H11ClF2N2O2. The molecule has 0 spiro atoms. The van der Waals surface area contributed by atoms with E-state index in [9.17, 15) is 18.9 Å². The number of hydrogen-bond acceptors (Lipinski definition) is 3. The summed E-state index contributed by atoms with van der Waals surface area (Å²) in [6.07, 6.45) is 0. The van der Waals surface area contributed by atoms with Crippen molar-refractivity contribution in [3.05, 3.63) is 74.3 Å². The Hall–Kier alpha value is -2.05. The van der Waals surface area contributed by atoms with Crippen LogP contribution in [-0.4, -0.2) is 4.92 Å². The van der Waals surface area contributed by atoms with Crippen LogP contribution in [0.5, 0.6) is 0 Å². The molecule has 0 aromatic heterocycles. The second-order valence-electron chi connectivity index (χ2n) is 4.43. The van der Waals surface area contributed by atoms with Crippen molar-refractivity contribution in [1.29, 1.82) is 0 Å². The molecule has 0 amide bonds. The van der Waals surface area contributed by atoms with E-state index in [1.165, 1.54) is 24.3 Å². The Labute approximate surface area is 124 Å². The lowest BCUT2D eigenvalue weighted by atomic mass is 10.1. The van der Waals surface area contributed by atoms with E-state index in [2.05, 4.69) is 5.32 Å². The van der Waals surface area contributed by atoms with Gasteiger partial charge in [0.25, 0.3) is 5.69 Å². The first-order chi connectivity index (χ1) is 9.95. The van der Waals surface area contributed by atoms with E-state index in [4.69, 9.17) is 11.6 Å². The fraction of sp³-hybridized carbons (Fsp3) is 0.143. The van der Waals surface area contributed by atoms with Crippen LogP contribution in [0.1, 0.15) is 11.1 Å². The summed E-state index contributed by atoms with van der Waals surface area (Å²) in [6, 6.07) is 7.70. The molecule has 0 fully saturated rings. The van der Waals surface area contributed by atoms with E-state index in [1.54, 1.807) is 6.07 Å². The summed E-state index contributed by atoms with van der Waals surface area (Å²) in [7, 11) is 0. The standard InChI is InChI=1S/C14H11ClF2N2O2/c15-13-5-9(1-2-14(13)17)7-18-8-10-3-11(16)6-12(4-10)19(20)21/h1-6,18H,7-8H2. The van der Waals surface area contributed by atoms with Crippen molar-refractivity contribution in [1.82, 2.24) is 5.32 Å². The number of nitro benzene ring substituents is 1. The summed E-state index contributed by atoms with van der Waals surface area (Å²) in [6.45, 7) is 0.623. The molecule has 0 unspecified atom stereocenters. The molecule has 0 aliphatic carbocycles. The maximum atomic E-state index is 13.2. The van der Waals surface area contributed by atoms with Crippen molar-refractivity contribution in [2.75, 3.05) is 0 Å². The molecule has 2 aromatic rings. The highest BCUT2D eigenvalue weighted by Crippen LogP contribution is 2.17. The van der Waals surface area contributed by atoms with Crippen molar-refractivity contribution in [3.63, 3.8) is 0 Å². The van der Waals surface area contributed by atoms with Crippen LogP contribution in [0.3, 0.4) is 0 Å². The van der Waals surface area contributed by atoms with Gasteiger partial charge in [-0.25, -0.2) is 8.78 Å². The largest absolute Gasteiger partial charge is 0.309 e. The number of benzene rings is 2. The fourth-order valence-electron chi connectivity index (χ4n) is 1.84. The summed E-state index contributed by atoms with van der Waals surface area (Å²) < 4.78 is 26.2. The fourth-order valence-corrected chi connectivity index (χ4v) is 2.04. The van der Waals surface area contributed by atoms with Crippen molar-refractivity contribution >= 4 is 17.3 Å². The molecule has 0 bridgehead atoms. The number of halogens is 3. The Morgan fingerprint density at radius 3 is 2.48 bits per heavy atom. The average Bonchev–Trinajstić information content (AvgIpc) is 2.42. The van der Waals surface area contributed by atoms with E-state index in [0.29, 0.717) is 12.1 Å². The normalized spacial score (nSPS) is 10.6. The molecule has 0 atom stereocenters. The van der Waals surface area contributed by atoms with Crippen LogP contribution in [0.25, 0.3) is 0 Å². The lowest BCUT2D eigenvalue weighted by Crippen LogP contribution is -2.13. The van der Waals surface area contributed by atoms with Gasteiger partial charge >= 0.3 is 0 Å². The van der Waals surface area contributed by atoms with Crippen molar-refractivity contribution in [2.24, 2.45) is 0 Å². The lowest BCUT2D eigenvalue weighted by Gasteiger charge is -2.06. The molecule has 0 radical (unpaired) electrons. The van der Waals surface area contributed by atoms with Crippen molar-refractivity contribution in [2.45, 2.75) is 13.1 Å². The van der Waals surface area contributed by atoms with Gasteiger partial charge in [0, 0.05) is 19.2 Å². The Kier molecular flexibility index (Phi) is 4.82. The van der Waals surface area contributed by atoms with Gasteiger partial charge in [-0.1, -0.05) is 17.7 Å². The quantitative estimate of drug-likeness (QED) is 0.674. The molecule has 2 rings (SSSR count). The molecule has 21 heavy (non-hydrogen) atoms. The number of nitro groups is 1. The van der Waals surface area contributed by atoms with Crippen molar-refractivity contribution in [3.8, 4) is 0 Å². The summed E-state index contributed by atoms with van der Waals surface area (Å²) in [5, 5.41) is 13.6. The van der Waals surface area contributed by atoms with Gasteiger partial charge in [-0.15, -0.1) is 0 Å². The third kappa shape index (κ3) is 4.21. The van der Waals surface area contributed by atoms with E-state index in [1.807, 2.05) is 0 Å². The van der Waals surface area contributed by atoms with Gasteiger partial charge in [-0.2, -0.15) is 0 Å². The first-order valence-corrected chi connectivity index (χ1v) is 6.42. The van der Waals surface area contributed by atoms with Gasteiger partial charge in [-0.3, -0.25) is 10.1 Å². The molecule has 2 aromatic carbocycles. The van der Waals surface area contributed by atoms with Crippen LogP contribution >= 0.6 is 11.6 Å². The number of non-ortho nitro benzene ring substituents is 1. The maximum absolute atomic E-state index is 13.2. The Morgan fingerprint density at radius 1 is 1.10 bits per heavy atom. The van der Waals surface area contributed by atoms with Gasteiger partial charge in [0.15, 0.2) is 0 Å². The van der Waals surface area contributed by atoms with Crippen LogP contribution in [-0.2, 0) is 13.1 Å². The van der Waals surface area contributed by atoms with E-state index < -0.39 is 16.6 Å². The third-order valence-electron chi connectivity index (χ3n) is 2.80. The molecule has 1 N–H and O–H groups in total. The number of rotatable bonds is 5. The predicted octanol–water partition coefficient (Wildman–Crippen LogP) is 3.82. The zero-order chi connectivity index (χ0) is 15.4. The Morgan fingerprint density at radius 2 is 1.81 bits per heavy atom. The molecule has 0 saturated heterocycles. The first kappa shape index (κ1) is 15.3. The molecule has 0 saturated carbocycles. The molecule has 110 valence electrons. The number of hydrogen-bond donors (Lipinski definition) is 1. The second-order valence-corrected chi connectivity index (χ2v) is 4.83. The predicted molar refractivity (Wildman–Crippen MR) is 75.0 cm³/mol. The van der Waals surface area contributed by atoms with Crippen LogP contribution in [0.15, 0.2) is 36.4 Å². The summed E-state index contributed by atoms with van der Waals surface area (Å²) in [4.78, 5) is 9.99. The Bertz CT molecular complexity index is 680. The van der Waals surface area contributed by atoms with Gasteiger partial charge in [0.2, 0.25) is 0 Å². The highest BCUT2D eigenvalue weighted by Gasteiger charge is 2.09. The zero-order valence-electron chi connectivity index (χ0n) is 10.8. The third-order valence-corrected chi connectivity index (χ3v) is 3.09. The van der Waals surface area contributed by atoms with E-state index in [0.717, 1.165) is 11.6 Å². The Balaban J connectivity index is 2.00. The summed E-state index contributed by atoms with van der Waals surface area (Å²) >= 11 is 5.66. The van der Waals surface area contributed by atoms with Crippen molar-refractivity contribution < 1.29 is 13.7 Å². The monoisotopic (exact) mass is 312 g/mol. The average molecular weight is 313 g/mol. The zero-order valence-corrected chi connectivity index (χ0v) is 11.5. The molecule has 4 nitrogen and oxygen atoms in total. The number of nitrogens with zero attached hydrogens (tertiary/aromatic N) is 1. The van der Waals surface area contributed by atoms with E-state index >= 15 is 0 Å².